The summed E-state index contributed by atoms with van der Waals surface area (Å²) in [6.45, 7) is 1.67. The Balaban J connectivity index is 1.49. The lowest BCUT2D eigenvalue weighted by Crippen LogP contribution is -2.38. The van der Waals surface area contributed by atoms with Crippen LogP contribution in [-0.2, 0) is 20.7 Å². The molecule has 1 atom stereocenters. The van der Waals surface area contributed by atoms with Gasteiger partial charge in [-0.3, -0.25) is 14.4 Å². The van der Waals surface area contributed by atoms with Crippen molar-refractivity contribution in [3.05, 3.63) is 52.2 Å². The molecular formula is C19H19NO4S. The van der Waals surface area contributed by atoms with Crippen molar-refractivity contribution in [1.82, 2.24) is 0 Å². The third-order valence-corrected chi connectivity index (χ3v) is 5.10. The van der Waals surface area contributed by atoms with E-state index in [1.807, 2.05) is 36.6 Å². The first-order valence-corrected chi connectivity index (χ1v) is 9.06. The number of ether oxygens (including phenoxy) is 1. The number of rotatable bonds is 6. The number of nitrogens with zero attached hydrogens (tertiary/aromatic N) is 1. The van der Waals surface area contributed by atoms with Gasteiger partial charge in [0.15, 0.2) is 12.4 Å². The SMILES string of the molecule is CC1Cc2ccccc2N1C(=O)COC(=O)CCC(=O)c1cccs1. The monoisotopic (exact) mass is 357 g/mol. The number of hydrogen-bond acceptors (Lipinski definition) is 5. The second-order valence-corrected chi connectivity index (χ2v) is 6.95. The first-order chi connectivity index (χ1) is 12.1. The Morgan fingerprint density at radius 3 is 2.72 bits per heavy atom. The Labute approximate surface area is 150 Å². The average Bonchev–Trinajstić information content (AvgIpc) is 3.24. The van der Waals surface area contributed by atoms with Gasteiger partial charge in [0.25, 0.3) is 5.91 Å². The highest BCUT2D eigenvalue weighted by atomic mass is 32.1. The van der Waals surface area contributed by atoms with E-state index in [1.165, 1.54) is 11.3 Å². The fraction of sp³-hybridized carbons (Fsp3) is 0.316. The summed E-state index contributed by atoms with van der Waals surface area (Å²) in [5.41, 5.74) is 2.00. The number of carbonyl (C=O) groups is 3. The molecule has 1 aliphatic rings. The van der Waals surface area contributed by atoms with Gasteiger partial charge in [0.1, 0.15) is 0 Å². The number of ketones is 1. The molecule has 0 saturated heterocycles. The van der Waals surface area contributed by atoms with Crippen LogP contribution >= 0.6 is 11.3 Å². The van der Waals surface area contributed by atoms with Crippen molar-refractivity contribution in [3.8, 4) is 0 Å². The molecule has 1 aliphatic heterocycles. The van der Waals surface area contributed by atoms with E-state index < -0.39 is 5.97 Å². The van der Waals surface area contributed by atoms with Crippen LogP contribution in [-0.4, -0.2) is 30.3 Å². The highest BCUT2D eigenvalue weighted by molar-refractivity contribution is 7.12. The second-order valence-electron chi connectivity index (χ2n) is 6.01. The second kappa shape index (κ2) is 7.61. The maximum atomic E-state index is 12.4. The van der Waals surface area contributed by atoms with Gasteiger partial charge in [0.05, 0.1) is 11.3 Å². The van der Waals surface area contributed by atoms with E-state index in [9.17, 15) is 14.4 Å². The number of esters is 1. The molecule has 0 bridgehead atoms. The minimum Gasteiger partial charge on any atom is -0.456 e. The molecule has 130 valence electrons. The predicted octanol–water partition coefficient (Wildman–Crippen LogP) is 3.23. The lowest BCUT2D eigenvalue weighted by molar-refractivity contribution is -0.147. The summed E-state index contributed by atoms with van der Waals surface area (Å²) in [6, 6.07) is 11.3. The van der Waals surface area contributed by atoms with Gasteiger partial charge in [-0.25, -0.2) is 0 Å². The number of fused-ring (bicyclic) bond motifs is 1. The van der Waals surface area contributed by atoms with Crippen LogP contribution in [0.2, 0.25) is 0 Å². The molecule has 2 aromatic rings. The van der Waals surface area contributed by atoms with Crippen LogP contribution in [0, 0.1) is 0 Å². The maximum Gasteiger partial charge on any atom is 0.306 e. The lowest BCUT2D eigenvalue weighted by Gasteiger charge is -2.22. The topological polar surface area (TPSA) is 63.7 Å². The largest absolute Gasteiger partial charge is 0.456 e. The Hall–Kier alpha value is -2.47. The van der Waals surface area contributed by atoms with Crippen molar-refractivity contribution in [2.75, 3.05) is 11.5 Å². The van der Waals surface area contributed by atoms with Crippen LogP contribution in [0.1, 0.15) is 35.0 Å². The van der Waals surface area contributed by atoms with Crippen molar-refractivity contribution in [2.45, 2.75) is 32.2 Å². The number of Topliss-reactive ketones (excluding diaryl/α,β-unsaturated/α-hetero) is 1. The van der Waals surface area contributed by atoms with Crippen molar-refractivity contribution in [2.24, 2.45) is 0 Å². The van der Waals surface area contributed by atoms with E-state index in [1.54, 1.807) is 17.0 Å². The van der Waals surface area contributed by atoms with Gasteiger partial charge in [-0.15, -0.1) is 11.3 Å². The van der Waals surface area contributed by atoms with Crippen molar-refractivity contribution >= 4 is 34.7 Å². The normalized spacial score (nSPS) is 15.7. The van der Waals surface area contributed by atoms with Crippen LogP contribution in [0.25, 0.3) is 0 Å². The third-order valence-electron chi connectivity index (χ3n) is 4.18. The van der Waals surface area contributed by atoms with Crippen molar-refractivity contribution in [3.63, 3.8) is 0 Å². The van der Waals surface area contributed by atoms with E-state index in [4.69, 9.17) is 4.74 Å². The first-order valence-electron chi connectivity index (χ1n) is 8.18. The number of thiophene rings is 1. The van der Waals surface area contributed by atoms with Crippen molar-refractivity contribution in [1.29, 1.82) is 0 Å². The van der Waals surface area contributed by atoms with Gasteiger partial charge in [-0.05, 0) is 36.4 Å². The molecular weight excluding hydrogens is 338 g/mol. The van der Waals surface area contributed by atoms with Crippen LogP contribution < -0.4 is 4.90 Å². The molecule has 25 heavy (non-hydrogen) atoms. The molecule has 1 unspecified atom stereocenters. The van der Waals surface area contributed by atoms with E-state index in [-0.39, 0.29) is 37.2 Å². The molecule has 1 amide bonds. The Kier molecular flexibility index (Phi) is 5.28. The van der Waals surface area contributed by atoms with E-state index in [2.05, 4.69) is 0 Å². The zero-order valence-corrected chi connectivity index (χ0v) is 14.8. The average molecular weight is 357 g/mol. The fourth-order valence-corrected chi connectivity index (χ4v) is 3.70. The lowest BCUT2D eigenvalue weighted by atomic mass is 10.1. The molecule has 1 aromatic carbocycles. The quantitative estimate of drug-likeness (QED) is 0.588. The fourth-order valence-electron chi connectivity index (χ4n) is 3.01. The van der Waals surface area contributed by atoms with Gasteiger partial charge < -0.3 is 9.64 Å². The van der Waals surface area contributed by atoms with Gasteiger partial charge in [0, 0.05) is 18.2 Å². The van der Waals surface area contributed by atoms with Gasteiger partial charge >= 0.3 is 5.97 Å². The molecule has 0 saturated carbocycles. The van der Waals surface area contributed by atoms with E-state index in [0.717, 1.165) is 17.7 Å². The molecule has 0 N–H and O–H groups in total. The minimum absolute atomic E-state index is 0.0177. The van der Waals surface area contributed by atoms with Crippen LogP contribution in [0.15, 0.2) is 41.8 Å². The molecule has 0 aliphatic carbocycles. The summed E-state index contributed by atoms with van der Waals surface area (Å²) < 4.78 is 5.07. The highest BCUT2D eigenvalue weighted by Crippen LogP contribution is 2.31. The van der Waals surface area contributed by atoms with Crippen LogP contribution in [0.4, 0.5) is 5.69 Å². The summed E-state index contributed by atoms with van der Waals surface area (Å²) in [7, 11) is 0. The molecule has 2 heterocycles. The van der Waals surface area contributed by atoms with Gasteiger partial charge in [-0.1, -0.05) is 24.3 Å². The summed E-state index contributed by atoms with van der Waals surface area (Å²) in [5.74, 6) is -0.853. The smallest absolute Gasteiger partial charge is 0.306 e. The number of hydrogen-bond donors (Lipinski definition) is 0. The Morgan fingerprint density at radius 1 is 1.16 bits per heavy atom. The predicted molar refractivity (Wildman–Crippen MR) is 95.9 cm³/mol. The molecule has 1 aromatic heterocycles. The van der Waals surface area contributed by atoms with E-state index >= 15 is 0 Å². The number of para-hydroxylation sites is 1. The van der Waals surface area contributed by atoms with Gasteiger partial charge in [-0.2, -0.15) is 0 Å². The Morgan fingerprint density at radius 2 is 1.96 bits per heavy atom. The maximum absolute atomic E-state index is 12.4. The zero-order valence-electron chi connectivity index (χ0n) is 13.9. The molecule has 6 heteroatoms. The molecule has 3 rings (SSSR count). The number of amides is 1. The standard InChI is InChI=1S/C19H19NO4S/c1-13-11-14-5-2-3-6-15(14)20(13)18(22)12-24-19(23)9-8-16(21)17-7-4-10-25-17/h2-7,10,13H,8-9,11-12H2,1H3. The van der Waals surface area contributed by atoms with Crippen LogP contribution in [0.3, 0.4) is 0 Å². The van der Waals surface area contributed by atoms with Crippen LogP contribution in [0.5, 0.6) is 0 Å². The third kappa shape index (κ3) is 3.96. The number of benzene rings is 1. The van der Waals surface area contributed by atoms with Gasteiger partial charge in [0.2, 0.25) is 0 Å². The summed E-state index contributed by atoms with van der Waals surface area (Å²) in [5, 5.41) is 1.82. The molecule has 0 fully saturated rings. The number of carbonyl (C=O) groups excluding carboxylic acids is 3. The summed E-state index contributed by atoms with van der Waals surface area (Å²) >= 11 is 1.35. The van der Waals surface area contributed by atoms with E-state index in [0.29, 0.717) is 4.88 Å². The molecule has 0 radical (unpaired) electrons. The number of anilines is 1. The zero-order chi connectivity index (χ0) is 17.8. The van der Waals surface area contributed by atoms with Crippen molar-refractivity contribution < 1.29 is 19.1 Å². The minimum atomic E-state index is -0.529. The summed E-state index contributed by atoms with van der Waals surface area (Å²) in [4.78, 5) is 38.4. The first kappa shape index (κ1) is 17.4. The highest BCUT2D eigenvalue weighted by Gasteiger charge is 2.30. The summed E-state index contributed by atoms with van der Waals surface area (Å²) in [6.07, 6.45) is 0.873. The molecule has 5 nitrogen and oxygen atoms in total. The molecule has 0 spiro atoms. The Bertz CT molecular complexity index is 784.